The molecule has 0 bridgehead atoms. The van der Waals surface area contributed by atoms with Gasteiger partial charge in [0.2, 0.25) is 0 Å². The molecule has 0 aliphatic carbocycles. The minimum atomic E-state index is -0.942. The lowest BCUT2D eigenvalue weighted by atomic mass is 9.92. The molecule has 3 N–H and O–H groups in total. The zero-order valence-corrected chi connectivity index (χ0v) is 13.4. The van der Waals surface area contributed by atoms with Crippen LogP contribution in [-0.4, -0.2) is 23.9 Å². The Kier molecular flexibility index (Phi) is 5.48. The molecule has 1 heterocycles. The summed E-state index contributed by atoms with van der Waals surface area (Å²) in [6.07, 6.45) is -0.724. The highest BCUT2D eigenvalue weighted by Crippen LogP contribution is 2.23. The van der Waals surface area contributed by atoms with Gasteiger partial charge in [-0.3, -0.25) is 14.4 Å². The number of nitrogens with one attached hydrogen (secondary N) is 1. The monoisotopic (exact) mass is 312 g/mol. The SMILES string of the molecule is CC(OC(=O)CC(C)(C)C)C(=O)Nc1sccc1C(N)=O. The lowest BCUT2D eigenvalue weighted by Gasteiger charge is -2.19. The van der Waals surface area contributed by atoms with E-state index in [1.54, 1.807) is 5.38 Å². The van der Waals surface area contributed by atoms with Crippen molar-refractivity contribution >= 4 is 34.1 Å². The fourth-order valence-corrected chi connectivity index (χ4v) is 2.33. The van der Waals surface area contributed by atoms with E-state index in [0.29, 0.717) is 5.00 Å². The number of carbonyl (C=O) groups excluding carboxylic acids is 3. The number of hydrogen-bond donors (Lipinski definition) is 2. The van der Waals surface area contributed by atoms with Gasteiger partial charge in [-0.15, -0.1) is 11.3 Å². The predicted molar refractivity (Wildman–Crippen MR) is 81.1 cm³/mol. The van der Waals surface area contributed by atoms with E-state index in [-0.39, 0.29) is 17.4 Å². The van der Waals surface area contributed by atoms with E-state index in [9.17, 15) is 14.4 Å². The molecule has 0 radical (unpaired) electrons. The molecule has 1 atom stereocenters. The van der Waals surface area contributed by atoms with Crippen LogP contribution in [-0.2, 0) is 14.3 Å². The van der Waals surface area contributed by atoms with Crippen LogP contribution in [0.2, 0.25) is 0 Å². The van der Waals surface area contributed by atoms with Crippen molar-refractivity contribution in [3.63, 3.8) is 0 Å². The molecule has 0 spiro atoms. The molecule has 7 heteroatoms. The smallest absolute Gasteiger partial charge is 0.307 e. The van der Waals surface area contributed by atoms with Crippen molar-refractivity contribution in [1.29, 1.82) is 0 Å². The second kappa shape index (κ2) is 6.71. The topological polar surface area (TPSA) is 98.5 Å². The van der Waals surface area contributed by atoms with E-state index < -0.39 is 23.9 Å². The first-order valence-electron chi connectivity index (χ1n) is 6.48. The van der Waals surface area contributed by atoms with Gasteiger partial charge in [0.1, 0.15) is 5.00 Å². The third-order valence-electron chi connectivity index (χ3n) is 2.52. The molecular weight excluding hydrogens is 292 g/mol. The molecule has 0 saturated carbocycles. The number of anilines is 1. The first kappa shape index (κ1) is 17.2. The number of rotatable bonds is 5. The van der Waals surface area contributed by atoms with Crippen LogP contribution in [0.1, 0.15) is 44.5 Å². The number of primary amides is 1. The number of hydrogen-bond acceptors (Lipinski definition) is 5. The molecule has 1 unspecified atom stereocenters. The van der Waals surface area contributed by atoms with Crippen LogP contribution >= 0.6 is 11.3 Å². The van der Waals surface area contributed by atoms with Crippen molar-refractivity contribution in [1.82, 2.24) is 0 Å². The summed E-state index contributed by atoms with van der Waals surface area (Å²) >= 11 is 1.18. The van der Waals surface area contributed by atoms with Crippen molar-refractivity contribution < 1.29 is 19.1 Å². The van der Waals surface area contributed by atoms with Gasteiger partial charge >= 0.3 is 5.97 Å². The van der Waals surface area contributed by atoms with Gasteiger partial charge in [0.25, 0.3) is 11.8 Å². The van der Waals surface area contributed by atoms with Crippen molar-refractivity contribution in [2.45, 2.75) is 40.2 Å². The molecule has 0 aliphatic rings. The Labute approximate surface area is 127 Å². The molecule has 116 valence electrons. The maximum atomic E-state index is 12.0. The van der Waals surface area contributed by atoms with Crippen LogP contribution in [0, 0.1) is 5.41 Å². The summed E-state index contributed by atoms with van der Waals surface area (Å²) in [5.74, 6) is -1.56. The highest BCUT2D eigenvalue weighted by molar-refractivity contribution is 7.14. The summed E-state index contributed by atoms with van der Waals surface area (Å²) in [5.41, 5.74) is 5.22. The second-order valence-electron chi connectivity index (χ2n) is 5.89. The lowest BCUT2D eigenvalue weighted by Crippen LogP contribution is -2.31. The van der Waals surface area contributed by atoms with E-state index in [1.807, 2.05) is 20.8 Å². The molecule has 0 aromatic carbocycles. The van der Waals surface area contributed by atoms with Gasteiger partial charge in [-0.25, -0.2) is 0 Å². The predicted octanol–water partition coefficient (Wildman–Crippen LogP) is 2.15. The summed E-state index contributed by atoms with van der Waals surface area (Å²) < 4.78 is 5.07. The minimum Gasteiger partial charge on any atom is -0.453 e. The normalized spacial score (nSPS) is 12.6. The lowest BCUT2D eigenvalue weighted by molar-refractivity contribution is -0.154. The Hall–Kier alpha value is -1.89. The average Bonchev–Trinajstić information content (AvgIpc) is 2.74. The summed E-state index contributed by atoms with van der Waals surface area (Å²) in [5, 5.41) is 4.54. The van der Waals surface area contributed by atoms with E-state index in [4.69, 9.17) is 10.5 Å². The first-order chi connectivity index (χ1) is 9.60. The van der Waals surface area contributed by atoms with Crippen LogP contribution in [0.15, 0.2) is 11.4 Å². The molecular formula is C14H20N2O4S. The molecule has 0 saturated heterocycles. The van der Waals surface area contributed by atoms with Gasteiger partial charge in [-0.2, -0.15) is 0 Å². The zero-order valence-electron chi connectivity index (χ0n) is 12.6. The third kappa shape index (κ3) is 5.55. The average molecular weight is 312 g/mol. The van der Waals surface area contributed by atoms with Gasteiger partial charge in [0.15, 0.2) is 6.10 Å². The van der Waals surface area contributed by atoms with Crippen LogP contribution in [0.25, 0.3) is 0 Å². The number of esters is 1. The number of nitrogens with two attached hydrogens (primary N) is 1. The van der Waals surface area contributed by atoms with E-state index >= 15 is 0 Å². The minimum absolute atomic E-state index is 0.208. The molecule has 1 aromatic heterocycles. The summed E-state index contributed by atoms with van der Waals surface area (Å²) in [6.45, 7) is 7.20. The van der Waals surface area contributed by atoms with Crippen molar-refractivity contribution in [3.05, 3.63) is 17.0 Å². The maximum Gasteiger partial charge on any atom is 0.307 e. The summed E-state index contributed by atoms with van der Waals surface area (Å²) in [4.78, 5) is 34.8. The highest BCUT2D eigenvalue weighted by atomic mass is 32.1. The molecule has 0 aliphatic heterocycles. The number of amides is 2. The Morgan fingerprint density at radius 2 is 2.00 bits per heavy atom. The molecule has 1 aromatic rings. The van der Waals surface area contributed by atoms with Gasteiger partial charge in [-0.1, -0.05) is 20.8 Å². The second-order valence-corrected chi connectivity index (χ2v) is 6.80. The largest absolute Gasteiger partial charge is 0.453 e. The molecule has 2 amide bonds. The Morgan fingerprint density at radius 3 is 2.52 bits per heavy atom. The van der Waals surface area contributed by atoms with Crippen LogP contribution in [0.4, 0.5) is 5.00 Å². The van der Waals surface area contributed by atoms with E-state index in [1.165, 1.54) is 24.3 Å². The molecule has 1 rings (SSSR count). The summed E-state index contributed by atoms with van der Waals surface area (Å²) in [6, 6.07) is 1.53. The van der Waals surface area contributed by atoms with Crippen molar-refractivity contribution in [3.8, 4) is 0 Å². The van der Waals surface area contributed by atoms with Crippen LogP contribution in [0.3, 0.4) is 0 Å². The van der Waals surface area contributed by atoms with Gasteiger partial charge in [-0.05, 0) is 23.8 Å². The molecule has 21 heavy (non-hydrogen) atoms. The fourth-order valence-electron chi connectivity index (χ4n) is 1.54. The number of ether oxygens (including phenoxy) is 1. The highest BCUT2D eigenvalue weighted by Gasteiger charge is 2.23. The van der Waals surface area contributed by atoms with Crippen LogP contribution in [0.5, 0.6) is 0 Å². The standard InChI is InChI=1S/C14H20N2O4S/c1-8(20-10(17)7-14(2,3)4)12(19)16-13-9(11(15)18)5-6-21-13/h5-6,8H,7H2,1-4H3,(H2,15,18)(H,16,19). The number of thiophene rings is 1. The molecule has 0 fully saturated rings. The Bertz CT molecular complexity index is 545. The van der Waals surface area contributed by atoms with Crippen molar-refractivity contribution in [2.75, 3.05) is 5.32 Å². The first-order valence-corrected chi connectivity index (χ1v) is 7.36. The van der Waals surface area contributed by atoms with E-state index in [2.05, 4.69) is 5.32 Å². The Balaban J connectivity index is 2.61. The third-order valence-corrected chi connectivity index (χ3v) is 3.35. The number of carbonyl (C=O) groups is 3. The van der Waals surface area contributed by atoms with Crippen LogP contribution < -0.4 is 11.1 Å². The summed E-state index contributed by atoms with van der Waals surface area (Å²) in [7, 11) is 0. The van der Waals surface area contributed by atoms with Crippen molar-refractivity contribution in [2.24, 2.45) is 11.1 Å². The maximum absolute atomic E-state index is 12.0. The van der Waals surface area contributed by atoms with Gasteiger partial charge < -0.3 is 15.8 Å². The zero-order chi connectivity index (χ0) is 16.2. The van der Waals surface area contributed by atoms with Gasteiger partial charge in [0.05, 0.1) is 12.0 Å². The Morgan fingerprint density at radius 1 is 1.38 bits per heavy atom. The fraction of sp³-hybridized carbons (Fsp3) is 0.500. The molecule has 6 nitrogen and oxygen atoms in total. The quantitative estimate of drug-likeness (QED) is 0.814. The van der Waals surface area contributed by atoms with Gasteiger partial charge in [0, 0.05) is 0 Å². The van der Waals surface area contributed by atoms with E-state index in [0.717, 1.165) is 0 Å².